The first-order valence-electron chi connectivity index (χ1n) is 17.7. The second-order valence-electron chi connectivity index (χ2n) is 14.6. The van der Waals surface area contributed by atoms with Crippen LogP contribution in [0, 0.1) is 23.3 Å². The van der Waals surface area contributed by atoms with Crippen molar-refractivity contribution in [3.63, 3.8) is 0 Å². The summed E-state index contributed by atoms with van der Waals surface area (Å²) in [7, 11) is 0. The van der Waals surface area contributed by atoms with Crippen molar-refractivity contribution in [3.8, 4) is 9.75 Å². The van der Waals surface area contributed by atoms with Gasteiger partial charge in [-0.05, 0) is 113 Å². The maximum Gasteiger partial charge on any atom is 0.197 e. The number of benzene rings is 4. The standard InChI is InChI=1S/C44H22F4O4S3/c45-31-10-18-6-24-25(7-19(18)11-32(31)46)38(50)28(37(24)49)14-22-16-30-41(53-22)43-36(44(30)4-2-1-3-5-44)42-35(55-43)17-23(54-42)15-29-39(51)26-8-20-12-33(47)34(48)13-21(20)9-27(26)40(29)52/h6-17H,1-5H2. The van der Waals surface area contributed by atoms with Crippen LogP contribution in [0.4, 0.5) is 17.6 Å². The number of ketones is 4. The molecule has 0 bridgehead atoms. The summed E-state index contributed by atoms with van der Waals surface area (Å²) in [4.78, 5) is 58.0. The zero-order chi connectivity index (χ0) is 37.7. The summed E-state index contributed by atoms with van der Waals surface area (Å²) in [6.07, 6.45) is 8.34. The molecule has 4 aliphatic carbocycles. The van der Waals surface area contributed by atoms with Crippen molar-refractivity contribution in [1.82, 2.24) is 0 Å². The van der Waals surface area contributed by atoms with Crippen LogP contribution in [0.3, 0.4) is 0 Å². The molecule has 3 heterocycles. The molecule has 268 valence electrons. The van der Waals surface area contributed by atoms with Crippen molar-refractivity contribution >= 4 is 100 Å². The fraction of sp³-hybridized carbons (Fsp3) is 0.136. The lowest BCUT2D eigenvalue weighted by molar-refractivity contribution is 0.0975. The van der Waals surface area contributed by atoms with Crippen LogP contribution in [0.1, 0.15) is 94.4 Å². The number of fused-ring (bicyclic) bond motifs is 11. The smallest absolute Gasteiger partial charge is 0.197 e. The Morgan fingerprint density at radius 1 is 0.491 bits per heavy atom. The van der Waals surface area contributed by atoms with Gasteiger partial charge >= 0.3 is 0 Å². The monoisotopic (exact) mass is 786 g/mol. The van der Waals surface area contributed by atoms with Gasteiger partial charge < -0.3 is 0 Å². The molecule has 11 heteroatoms. The SMILES string of the molecule is O=C1C(=Cc2cc3c(s2)-c2sc4cc(C=C5C(=O)c6cc7cc(F)c(F)cc7cc6C5=O)sc4c2C32CCCCC2)C(=O)c2cc3cc(F)c(F)cc3cc21. The van der Waals surface area contributed by atoms with Gasteiger partial charge in [0.1, 0.15) is 0 Å². The highest BCUT2D eigenvalue weighted by atomic mass is 32.1. The van der Waals surface area contributed by atoms with E-state index in [0.29, 0.717) is 21.5 Å². The molecular formula is C44H22F4O4S3. The molecule has 1 fully saturated rings. The van der Waals surface area contributed by atoms with E-state index in [4.69, 9.17) is 0 Å². The summed E-state index contributed by atoms with van der Waals surface area (Å²) in [5.41, 5.74) is 2.94. The number of carbonyl (C=O) groups excluding carboxylic acids is 4. The minimum atomic E-state index is -1.03. The highest BCUT2D eigenvalue weighted by molar-refractivity contribution is 7.32. The lowest BCUT2D eigenvalue weighted by Crippen LogP contribution is -2.27. The molecule has 0 amide bonds. The molecule has 4 nitrogen and oxygen atoms in total. The average Bonchev–Trinajstić information content (AvgIpc) is 3.98. The van der Waals surface area contributed by atoms with Gasteiger partial charge in [0.15, 0.2) is 46.4 Å². The van der Waals surface area contributed by atoms with Gasteiger partial charge in [0.25, 0.3) is 0 Å². The minimum Gasteiger partial charge on any atom is -0.288 e. The van der Waals surface area contributed by atoms with Crippen molar-refractivity contribution in [2.45, 2.75) is 37.5 Å². The Hall–Kier alpha value is -5.36. The third-order valence-corrected chi connectivity index (χ3v) is 15.2. The van der Waals surface area contributed by atoms with Crippen molar-refractivity contribution in [2.24, 2.45) is 0 Å². The van der Waals surface area contributed by atoms with Crippen molar-refractivity contribution in [1.29, 1.82) is 0 Å². The number of rotatable bonds is 2. The Labute approximate surface area is 321 Å². The molecule has 7 aromatic rings. The highest BCUT2D eigenvalue weighted by Crippen LogP contribution is 2.64. The predicted molar refractivity (Wildman–Crippen MR) is 208 cm³/mol. The Kier molecular flexibility index (Phi) is 6.81. The first kappa shape index (κ1) is 33.0. The molecule has 0 radical (unpaired) electrons. The van der Waals surface area contributed by atoms with Crippen molar-refractivity contribution < 1.29 is 36.7 Å². The van der Waals surface area contributed by atoms with Crippen LogP contribution in [0.25, 0.3) is 52.9 Å². The van der Waals surface area contributed by atoms with Crippen molar-refractivity contribution in [3.05, 3.63) is 138 Å². The second-order valence-corrected chi connectivity index (χ2v) is 17.9. The fourth-order valence-electron chi connectivity index (χ4n) is 9.06. The number of allylic oxidation sites excluding steroid dienone is 2. The molecule has 4 aliphatic rings. The van der Waals surface area contributed by atoms with Gasteiger partial charge in [-0.1, -0.05) is 19.3 Å². The van der Waals surface area contributed by atoms with E-state index in [1.165, 1.54) is 35.4 Å². The van der Waals surface area contributed by atoms with E-state index in [1.807, 2.05) is 6.07 Å². The normalized spacial score (nSPS) is 16.9. The van der Waals surface area contributed by atoms with Gasteiger partial charge in [-0.15, -0.1) is 34.0 Å². The Morgan fingerprint density at radius 3 is 1.38 bits per heavy atom. The van der Waals surface area contributed by atoms with Gasteiger partial charge in [-0.3, -0.25) is 19.2 Å². The number of Topliss-reactive ketones (excluding diaryl/α,β-unsaturated/α-hetero) is 4. The maximum atomic E-state index is 14.0. The van der Waals surface area contributed by atoms with Gasteiger partial charge in [-0.2, -0.15) is 0 Å². The summed E-state index contributed by atoms with van der Waals surface area (Å²) in [6.45, 7) is 0. The van der Waals surface area contributed by atoms with Gasteiger partial charge in [0, 0.05) is 52.6 Å². The van der Waals surface area contributed by atoms with E-state index in [2.05, 4.69) is 6.07 Å². The van der Waals surface area contributed by atoms with Gasteiger partial charge in [0.2, 0.25) is 0 Å². The molecule has 4 aromatic carbocycles. The van der Waals surface area contributed by atoms with E-state index in [9.17, 15) is 36.7 Å². The van der Waals surface area contributed by atoms with E-state index in [0.717, 1.165) is 85.3 Å². The van der Waals surface area contributed by atoms with E-state index >= 15 is 0 Å². The molecule has 1 spiro atoms. The number of hydrogen-bond acceptors (Lipinski definition) is 7. The molecule has 0 saturated heterocycles. The van der Waals surface area contributed by atoms with Crippen LogP contribution >= 0.6 is 34.0 Å². The molecule has 0 aliphatic heterocycles. The number of hydrogen-bond donors (Lipinski definition) is 0. The van der Waals surface area contributed by atoms with Crippen LogP contribution < -0.4 is 0 Å². The van der Waals surface area contributed by atoms with Crippen LogP contribution in [0.15, 0.2) is 71.8 Å². The largest absolute Gasteiger partial charge is 0.288 e. The summed E-state index contributed by atoms with van der Waals surface area (Å²) < 4.78 is 58.0. The molecule has 0 N–H and O–H groups in total. The molecular weight excluding hydrogens is 765 g/mol. The van der Waals surface area contributed by atoms with Crippen LogP contribution in [-0.4, -0.2) is 23.1 Å². The van der Waals surface area contributed by atoms with Crippen molar-refractivity contribution in [2.75, 3.05) is 0 Å². The van der Waals surface area contributed by atoms with Crippen LogP contribution in [0.5, 0.6) is 0 Å². The summed E-state index contributed by atoms with van der Waals surface area (Å²) in [6, 6.07) is 14.0. The molecule has 11 rings (SSSR count). The lowest BCUT2D eigenvalue weighted by atomic mass is 9.68. The first-order valence-corrected chi connectivity index (χ1v) is 20.1. The second kappa shape index (κ2) is 11.3. The zero-order valence-electron chi connectivity index (χ0n) is 28.3. The molecule has 0 atom stereocenters. The molecule has 1 saturated carbocycles. The van der Waals surface area contributed by atoms with E-state index in [-0.39, 0.29) is 38.8 Å². The molecule has 0 unspecified atom stereocenters. The van der Waals surface area contributed by atoms with Gasteiger partial charge in [-0.25, -0.2) is 17.6 Å². The average molecular weight is 787 g/mol. The lowest BCUT2D eigenvalue weighted by Gasteiger charge is -2.35. The quantitative estimate of drug-likeness (QED) is 0.0994. The van der Waals surface area contributed by atoms with E-state index in [1.54, 1.807) is 46.2 Å². The molecule has 55 heavy (non-hydrogen) atoms. The predicted octanol–water partition coefficient (Wildman–Crippen LogP) is 12.0. The number of halogens is 4. The zero-order valence-corrected chi connectivity index (χ0v) is 30.8. The third-order valence-electron chi connectivity index (χ3n) is 11.6. The van der Waals surface area contributed by atoms with Gasteiger partial charge in [0.05, 0.1) is 20.7 Å². The number of thiophene rings is 3. The summed E-state index contributed by atoms with van der Waals surface area (Å²) >= 11 is 4.74. The minimum absolute atomic E-state index is 0.0200. The fourth-order valence-corrected chi connectivity index (χ4v) is 13.2. The number of carbonyl (C=O) groups is 4. The summed E-state index contributed by atoms with van der Waals surface area (Å²) in [5, 5.41) is 1.37. The third kappa shape index (κ3) is 4.54. The van der Waals surface area contributed by atoms with Crippen LogP contribution in [0.2, 0.25) is 0 Å². The maximum absolute atomic E-state index is 14.0. The summed E-state index contributed by atoms with van der Waals surface area (Å²) in [5.74, 6) is -5.87. The molecule has 3 aromatic heterocycles. The van der Waals surface area contributed by atoms with E-state index < -0.39 is 46.4 Å². The Morgan fingerprint density at radius 2 is 0.927 bits per heavy atom. The van der Waals surface area contributed by atoms with Crippen LogP contribution in [-0.2, 0) is 5.41 Å². The topological polar surface area (TPSA) is 68.3 Å². The first-order chi connectivity index (χ1) is 26.5. The Bertz CT molecular complexity index is 2970. The Balaban J connectivity index is 0.972. The highest BCUT2D eigenvalue weighted by Gasteiger charge is 2.48.